The van der Waals surface area contributed by atoms with Gasteiger partial charge in [0.1, 0.15) is 0 Å². The molecule has 1 heterocycles. The number of hydrogen-bond donors (Lipinski definition) is 1. The van der Waals surface area contributed by atoms with E-state index in [9.17, 15) is 0 Å². The Kier molecular flexibility index (Phi) is 4.56. The standard InChI is InChI=1S/C12H27N3/c1-6-13-8-7-11(2)15-10-12(3,4)9-14(15)5/h11,13H,6-10H2,1-5H3/t11-/m0/s1. The highest BCUT2D eigenvalue weighted by Gasteiger charge is 2.35. The van der Waals surface area contributed by atoms with Gasteiger partial charge in [-0.25, -0.2) is 10.0 Å². The largest absolute Gasteiger partial charge is 0.317 e. The van der Waals surface area contributed by atoms with E-state index >= 15 is 0 Å². The Bertz CT molecular complexity index is 191. The maximum Gasteiger partial charge on any atom is 0.0229 e. The summed E-state index contributed by atoms with van der Waals surface area (Å²) in [5, 5.41) is 8.29. The van der Waals surface area contributed by atoms with E-state index < -0.39 is 0 Å². The number of nitrogens with zero attached hydrogens (tertiary/aromatic N) is 2. The van der Waals surface area contributed by atoms with Crippen LogP contribution in [0, 0.1) is 5.41 Å². The van der Waals surface area contributed by atoms with Crippen LogP contribution in [0.25, 0.3) is 0 Å². The molecule has 1 atom stereocenters. The molecule has 1 saturated heterocycles. The van der Waals surface area contributed by atoms with Gasteiger partial charge in [-0.15, -0.1) is 0 Å². The Morgan fingerprint density at radius 2 is 2.00 bits per heavy atom. The predicted octanol–water partition coefficient (Wildman–Crippen LogP) is 1.56. The lowest BCUT2D eigenvalue weighted by Crippen LogP contribution is -2.41. The van der Waals surface area contributed by atoms with Gasteiger partial charge in [0, 0.05) is 26.2 Å². The molecule has 15 heavy (non-hydrogen) atoms. The van der Waals surface area contributed by atoms with Crippen molar-refractivity contribution in [3.8, 4) is 0 Å². The van der Waals surface area contributed by atoms with Crippen LogP contribution in [0.15, 0.2) is 0 Å². The third kappa shape index (κ3) is 3.74. The second kappa shape index (κ2) is 5.28. The molecule has 1 N–H and O–H groups in total. The molecule has 1 aliphatic heterocycles. The van der Waals surface area contributed by atoms with Crippen LogP contribution in [0.4, 0.5) is 0 Å². The first kappa shape index (κ1) is 12.9. The van der Waals surface area contributed by atoms with Crippen molar-refractivity contribution < 1.29 is 0 Å². The number of nitrogens with one attached hydrogen (secondary N) is 1. The zero-order chi connectivity index (χ0) is 11.5. The summed E-state index contributed by atoms with van der Waals surface area (Å²) in [6, 6.07) is 0.649. The number of hydrogen-bond acceptors (Lipinski definition) is 3. The highest BCUT2D eigenvalue weighted by atomic mass is 15.6. The Hall–Kier alpha value is -0.120. The van der Waals surface area contributed by atoms with Gasteiger partial charge in [0.2, 0.25) is 0 Å². The Morgan fingerprint density at radius 3 is 2.47 bits per heavy atom. The maximum atomic E-state index is 3.39. The fourth-order valence-electron chi connectivity index (χ4n) is 2.45. The molecule has 0 aromatic heterocycles. The molecule has 1 rings (SSSR count). The molecule has 1 aliphatic rings. The summed E-state index contributed by atoms with van der Waals surface area (Å²) in [5.74, 6) is 0. The quantitative estimate of drug-likeness (QED) is 0.699. The van der Waals surface area contributed by atoms with E-state index in [0.717, 1.165) is 13.1 Å². The summed E-state index contributed by atoms with van der Waals surface area (Å²) in [6.45, 7) is 13.8. The van der Waals surface area contributed by atoms with E-state index in [4.69, 9.17) is 0 Å². The third-order valence-corrected chi connectivity index (χ3v) is 3.18. The fraction of sp³-hybridized carbons (Fsp3) is 1.00. The van der Waals surface area contributed by atoms with Gasteiger partial charge in [0.15, 0.2) is 0 Å². The number of rotatable bonds is 5. The van der Waals surface area contributed by atoms with Crippen molar-refractivity contribution in [2.24, 2.45) is 5.41 Å². The molecule has 0 spiro atoms. The maximum absolute atomic E-state index is 3.39. The SMILES string of the molecule is CCNCC[C@H](C)N1CC(C)(C)CN1C. The van der Waals surface area contributed by atoms with Crippen LogP contribution in [0.1, 0.15) is 34.1 Å². The summed E-state index contributed by atoms with van der Waals surface area (Å²) in [5.41, 5.74) is 0.446. The van der Waals surface area contributed by atoms with Gasteiger partial charge < -0.3 is 5.32 Å². The monoisotopic (exact) mass is 213 g/mol. The summed E-state index contributed by atoms with van der Waals surface area (Å²) in [7, 11) is 2.21. The van der Waals surface area contributed by atoms with E-state index in [1.54, 1.807) is 0 Å². The molecule has 3 nitrogen and oxygen atoms in total. The summed E-state index contributed by atoms with van der Waals surface area (Å²) < 4.78 is 0. The second-order valence-electron chi connectivity index (χ2n) is 5.57. The molecule has 0 bridgehead atoms. The van der Waals surface area contributed by atoms with Crippen molar-refractivity contribution in [1.29, 1.82) is 0 Å². The van der Waals surface area contributed by atoms with Gasteiger partial charge in [0.25, 0.3) is 0 Å². The predicted molar refractivity (Wildman–Crippen MR) is 65.7 cm³/mol. The lowest BCUT2D eigenvalue weighted by Gasteiger charge is -2.30. The van der Waals surface area contributed by atoms with Crippen molar-refractivity contribution in [3.63, 3.8) is 0 Å². The minimum absolute atomic E-state index is 0.446. The van der Waals surface area contributed by atoms with E-state index in [2.05, 4.69) is 50.1 Å². The smallest absolute Gasteiger partial charge is 0.0229 e. The molecule has 0 saturated carbocycles. The average Bonchev–Trinajstić information content (AvgIpc) is 2.40. The molecule has 0 aliphatic carbocycles. The Labute approximate surface area is 94.8 Å². The lowest BCUT2D eigenvalue weighted by molar-refractivity contribution is 0.0137. The van der Waals surface area contributed by atoms with Crippen LogP contribution >= 0.6 is 0 Å². The van der Waals surface area contributed by atoms with Crippen molar-refractivity contribution in [2.45, 2.75) is 40.2 Å². The first-order valence-electron chi connectivity index (χ1n) is 6.14. The number of hydrazine groups is 1. The van der Waals surface area contributed by atoms with Crippen LogP contribution in [0.2, 0.25) is 0 Å². The van der Waals surface area contributed by atoms with Crippen LogP contribution in [-0.4, -0.2) is 49.3 Å². The third-order valence-electron chi connectivity index (χ3n) is 3.18. The summed E-state index contributed by atoms with van der Waals surface area (Å²) in [4.78, 5) is 0. The van der Waals surface area contributed by atoms with Gasteiger partial charge >= 0.3 is 0 Å². The molecule has 0 aromatic carbocycles. The normalized spacial score (nSPS) is 24.6. The summed E-state index contributed by atoms with van der Waals surface area (Å²) in [6.07, 6.45) is 1.23. The van der Waals surface area contributed by atoms with Crippen LogP contribution in [0.5, 0.6) is 0 Å². The van der Waals surface area contributed by atoms with Crippen molar-refractivity contribution in [2.75, 3.05) is 33.2 Å². The van der Waals surface area contributed by atoms with E-state index in [-0.39, 0.29) is 0 Å². The summed E-state index contributed by atoms with van der Waals surface area (Å²) >= 11 is 0. The van der Waals surface area contributed by atoms with Gasteiger partial charge in [-0.3, -0.25) is 0 Å². The first-order chi connectivity index (χ1) is 6.96. The zero-order valence-electron chi connectivity index (χ0n) is 11.0. The van der Waals surface area contributed by atoms with Crippen molar-refractivity contribution in [1.82, 2.24) is 15.3 Å². The second-order valence-corrected chi connectivity index (χ2v) is 5.57. The minimum atomic E-state index is 0.446. The molecule has 3 heteroatoms. The molecule has 0 unspecified atom stereocenters. The van der Waals surface area contributed by atoms with Crippen LogP contribution < -0.4 is 5.32 Å². The first-order valence-corrected chi connectivity index (χ1v) is 6.14. The minimum Gasteiger partial charge on any atom is -0.317 e. The average molecular weight is 213 g/mol. The highest BCUT2D eigenvalue weighted by Crippen LogP contribution is 2.28. The molecular weight excluding hydrogens is 186 g/mol. The molecular formula is C12H27N3. The lowest BCUT2D eigenvalue weighted by atomic mass is 9.95. The molecule has 1 fully saturated rings. The fourth-order valence-corrected chi connectivity index (χ4v) is 2.45. The van der Waals surface area contributed by atoms with Gasteiger partial charge in [-0.2, -0.15) is 0 Å². The molecule has 0 radical (unpaired) electrons. The zero-order valence-corrected chi connectivity index (χ0v) is 11.0. The van der Waals surface area contributed by atoms with E-state index in [1.807, 2.05) is 0 Å². The van der Waals surface area contributed by atoms with Gasteiger partial charge in [0.05, 0.1) is 0 Å². The molecule has 0 aromatic rings. The Morgan fingerprint density at radius 1 is 1.33 bits per heavy atom. The van der Waals surface area contributed by atoms with Crippen molar-refractivity contribution >= 4 is 0 Å². The van der Waals surface area contributed by atoms with Crippen molar-refractivity contribution in [3.05, 3.63) is 0 Å². The topological polar surface area (TPSA) is 18.5 Å². The van der Waals surface area contributed by atoms with Gasteiger partial charge in [-0.05, 0) is 31.8 Å². The van der Waals surface area contributed by atoms with E-state index in [0.29, 0.717) is 11.5 Å². The van der Waals surface area contributed by atoms with Crippen LogP contribution in [-0.2, 0) is 0 Å². The molecule has 90 valence electrons. The van der Waals surface area contributed by atoms with E-state index in [1.165, 1.54) is 19.5 Å². The van der Waals surface area contributed by atoms with Gasteiger partial charge in [-0.1, -0.05) is 20.8 Å². The van der Waals surface area contributed by atoms with Crippen LogP contribution in [0.3, 0.4) is 0 Å². The molecule has 0 amide bonds. The highest BCUT2D eigenvalue weighted by molar-refractivity contribution is 4.84. The Balaban J connectivity index is 2.36.